The van der Waals surface area contributed by atoms with Gasteiger partial charge in [0, 0.05) is 18.2 Å². The molecular weight excluding hydrogens is 324 g/mol. The van der Waals surface area contributed by atoms with Crippen LogP contribution in [0.2, 0.25) is 0 Å². The van der Waals surface area contributed by atoms with Crippen LogP contribution in [0.25, 0.3) is 22.0 Å². The summed E-state index contributed by atoms with van der Waals surface area (Å²) in [6, 6.07) is 14.2. The summed E-state index contributed by atoms with van der Waals surface area (Å²) >= 11 is 0. The van der Waals surface area contributed by atoms with Crippen LogP contribution in [0.4, 0.5) is 5.82 Å². The summed E-state index contributed by atoms with van der Waals surface area (Å²) in [7, 11) is 2.15. The highest BCUT2D eigenvalue weighted by atomic mass is 16.3. The zero-order chi connectivity index (χ0) is 18.1. The molecule has 5 heteroatoms. The van der Waals surface area contributed by atoms with Gasteiger partial charge in [0.2, 0.25) is 0 Å². The molecule has 2 N–H and O–H groups in total. The number of phenols is 1. The minimum Gasteiger partial charge on any atom is -0.507 e. The lowest BCUT2D eigenvalue weighted by atomic mass is 10.0. The third kappa shape index (κ3) is 3.35. The Morgan fingerprint density at radius 3 is 2.62 bits per heavy atom. The van der Waals surface area contributed by atoms with Crippen LogP contribution in [-0.2, 0) is 0 Å². The molecule has 1 aliphatic heterocycles. The van der Waals surface area contributed by atoms with Gasteiger partial charge in [-0.25, -0.2) is 0 Å². The molecule has 1 aromatic heterocycles. The number of likely N-dealkylation sites (tertiary alicyclic amines) is 1. The van der Waals surface area contributed by atoms with E-state index in [2.05, 4.69) is 27.5 Å². The zero-order valence-electron chi connectivity index (χ0n) is 15.2. The van der Waals surface area contributed by atoms with E-state index in [9.17, 15) is 5.11 Å². The van der Waals surface area contributed by atoms with Gasteiger partial charge in [-0.1, -0.05) is 24.3 Å². The first-order chi connectivity index (χ1) is 12.6. The van der Waals surface area contributed by atoms with Crippen molar-refractivity contribution in [3.05, 3.63) is 48.0 Å². The van der Waals surface area contributed by atoms with Crippen molar-refractivity contribution in [3.8, 4) is 17.0 Å². The van der Waals surface area contributed by atoms with E-state index in [1.165, 1.54) is 6.42 Å². The minimum absolute atomic E-state index is 0.232. The fourth-order valence-electron chi connectivity index (χ4n) is 3.73. The molecule has 2 aromatic carbocycles. The average molecular weight is 348 g/mol. The van der Waals surface area contributed by atoms with Gasteiger partial charge < -0.3 is 15.3 Å². The molecule has 0 radical (unpaired) electrons. The highest BCUT2D eigenvalue weighted by molar-refractivity contribution is 5.90. The molecular formula is C21H24N4O. The predicted octanol–water partition coefficient (Wildman–Crippen LogP) is 3.82. The molecule has 0 amide bonds. The molecule has 1 atom stereocenters. The Morgan fingerprint density at radius 1 is 1.12 bits per heavy atom. The number of phenolic OH excluding ortho intramolecular Hbond substituents is 1. The van der Waals surface area contributed by atoms with Crippen LogP contribution >= 0.6 is 0 Å². The predicted molar refractivity (Wildman–Crippen MR) is 106 cm³/mol. The van der Waals surface area contributed by atoms with Gasteiger partial charge in [0.05, 0.1) is 5.69 Å². The molecule has 1 unspecified atom stereocenters. The summed E-state index contributed by atoms with van der Waals surface area (Å²) < 4.78 is 0. The monoisotopic (exact) mass is 348 g/mol. The van der Waals surface area contributed by atoms with E-state index in [1.54, 1.807) is 6.07 Å². The van der Waals surface area contributed by atoms with Gasteiger partial charge in [-0.05, 0) is 67.9 Å². The zero-order valence-corrected chi connectivity index (χ0v) is 15.2. The molecule has 0 bridgehead atoms. The van der Waals surface area contributed by atoms with Crippen molar-refractivity contribution >= 4 is 16.6 Å². The molecule has 1 saturated heterocycles. The number of nitrogens with zero attached hydrogens (tertiary/aromatic N) is 3. The fraction of sp³-hybridized carbons (Fsp3) is 0.333. The van der Waals surface area contributed by atoms with Crippen molar-refractivity contribution in [3.63, 3.8) is 0 Å². The number of fused-ring (bicyclic) bond motifs is 1. The highest BCUT2D eigenvalue weighted by Gasteiger charge is 2.18. The Labute approximate surface area is 153 Å². The third-order valence-electron chi connectivity index (χ3n) is 5.08. The summed E-state index contributed by atoms with van der Waals surface area (Å²) in [4.78, 5) is 2.34. The second-order valence-corrected chi connectivity index (χ2v) is 7.22. The van der Waals surface area contributed by atoms with Crippen LogP contribution in [0.3, 0.4) is 0 Å². The SMILES string of the molecule is Cc1cc(NC2CCCN(C)C2)nnc1-c1cc2ccccc2cc1O. The molecule has 1 fully saturated rings. The first kappa shape index (κ1) is 16.8. The van der Waals surface area contributed by atoms with Gasteiger partial charge in [0.15, 0.2) is 0 Å². The molecule has 26 heavy (non-hydrogen) atoms. The van der Waals surface area contributed by atoms with Gasteiger partial charge in [-0.15, -0.1) is 10.2 Å². The Kier molecular flexibility index (Phi) is 4.47. The number of piperidine rings is 1. The maximum Gasteiger partial charge on any atom is 0.149 e. The summed E-state index contributed by atoms with van der Waals surface area (Å²) in [5.74, 6) is 1.03. The summed E-state index contributed by atoms with van der Waals surface area (Å²) in [6.45, 7) is 4.19. The maximum atomic E-state index is 10.5. The van der Waals surface area contributed by atoms with E-state index in [4.69, 9.17) is 0 Å². The van der Waals surface area contributed by atoms with Gasteiger partial charge in [0.25, 0.3) is 0 Å². The number of rotatable bonds is 3. The molecule has 0 saturated carbocycles. The van der Waals surface area contributed by atoms with Crippen molar-refractivity contribution in [1.29, 1.82) is 0 Å². The largest absolute Gasteiger partial charge is 0.507 e. The van der Waals surface area contributed by atoms with Crippen molar-refractivity contribution < 1.29 is 5.11 Å². The standard InChI is InChI=1S/C21H24N4O/c1-14-10-20(22-17-8-5-9-25(2)13-17)23-24-21(14)18-11-15-6-3-4-7-16(15)12-19(18)26/h3-4,6-7,10-12,17,26H,5,8-9,13H2,1-2H3,(H,22,23). The molecule has 134 valence electrons. The van der Waals surface area contributed by atoms with Crippen molar-refractivity contribution in [2.24, 2.45) is 0 Å². The fourth-order valence-corrected chi connectivity index (χ4v) is 3.73. The highest BCUT2D eigenvalue weighted by Crippen LogP contribution is 2.34. The van der Waals surface area contributed by atoms with Crippen LogP contribution in [-0.4, -0.2) is 46.4 Å². The van der Waals surface area contributed by atoms with Gasteiger partial charge in [-0.2, -0.15) is 0 Å². The molecule has 0 spiro atoms. The van der Waals surface area contributed by atoms with E-state index < -0.39 is 0 Å². The normalized spacial score (nSPS) is 18.2. The van der Waals surface area contributed by atoms with Gasteiger partial charge >= 0.3 is 0 Å². The smallest absolute Gasteiger partial charge is 0.149 e. The quantitative estimate of drug-likeness (QED) is 0.753. The van der Waals surface area contributed by atoms with E-state index >= 15 is 0 Å². The second kappa shape index (κ2) is 6.92. The lowest BCUT2D eigenvalue weighted by Crippen LogP contribution is -2.39. The summed E-state index contributed by atoms with van der Waals surface area (Å²) in [5, 5.41) is 24.8. The van der Waals surface area contributed by atoms with E-state index in [-0.39, 0.29) is 5.75 Å². The second-order valence-electron chi connectivity index (χ2n) is 7.22. The molecule has 3 aromatic rings. The first-order valence-corrected chi connectivity index (χ1v) is 9.12. The van der Waals surface area contributed by atoms with Crippen molar-refractivity contribution in [1.82, 2.24) is 15.1 Å². The topological polar surface area (TPSA) is 61.3 Å². The maximum absolute atomic E-state index is 10.5. The average Bonchev–Trinajstić information content (AvgIpc) is 2.62. The molecule has 2 heterocycles. The number of nitrogens with one attached hydrogen (secondary N) is 1. The minimum atomic E-state index is 0.232. The Morgan fingerprint density at radius 2 is 1.88 bits per heavy atom. The van der Waals surface area contributed by atoms with E-state index in [0.717, 1.165) is 52.9 Å². The lowest BCUT2D eigenvalue weighted by Gasteiger charge is -2.30. The Hall–Kier alpha value is -2.66. The number of benzene rings is 2. The number of aromatic nitrogens is 2. The van der Waals surface area contributed by atoms with Crippen LogP contribution in [0, 0.1) is 6.92 Å². The number of aromatic hydroxyl groups is 1. The Bertz CT molecular complexity index is 940. The van der Waals surface area contributed by atoms with Crippen LogP contribution in [0.1, 0.15) is 18.4 Å². The summed E-state index contributed by atoms with van der Waals surface area (Å²) in [5.41, 5.74) is 2.44. The number of hydrogen-bond donors (Lipinski definition) is 2. The van der Waals surface area contributed by atoms with Crippen LogP contribution in [0.5, 0.6) is 5.75 Å². The van der Waals surface area contributed by atoms with Crippen LogP contribution < -0.4 is 5.32 Å². The lowest BCUT2D eigenvalue weighted by molar-refractivity contribution is 0.260. The van der Waals surface area contributed by atoms with Crippen molar-refractivity contribution in [2.75, 3.05) is 25.5 Å². The Balaban J connectivity index is 1.63. The van der Waals surface area contributed by atoms with E-state index in [0.29, 0.717) is 6.04 Å². The number of aryl methyl sites for hydroxylation is 1. The number of likely N-dealkylation sites (N-methyl/N-ethyl adjacent to an activating group) is 1. The molecule has 5 nitrogen and oxygen atoms in total. The molecule has 4 rings (SSSR count). The first-order valence-electron chi connectivity index (χ1n) is 9.12. The third-order valence-corrected chi connectivity index (χ3v) is 5.08. The summed E-state index contributed by atoms with van der Waals surface area (Å²) in [6.07, 6.45) is 2.35. The van der Waals surface area contributed by atoms with Crippen molar-refractivity contribution in [2.45, 2.75) is 25.8 Å². The van der Waals surface area contributed by atoms with Gasteiger partial charge in [0.1, 0.15) is 11.6 Å². The van der Waals surface area contributed by atoms with E-state index in [1.807, 2.05) is 43.3 Å². The number of hydrogen-bond acceptors (Lipinski definition) is 5. The molecule has 0 aliphatic carbocycles. The van der Waals surface area contributed by atoms with Gasteiger partial charge in [-0.3, -0.25) is 0 Å². The number of anilines is 1. The molecule has 1 aliphatic rings. The van der Waals surface area contributed by atoms with Crippen LogP contribution in [0.15, 0.2) is 42.5 Å².